The van der Waals surface area contributed by atoms with Gasteiger partial charge < -0.3 is 16.0 Å². The number of carbonyl (C=O) groups excluding carboxylic acids is 2. The second-order valence-electron chi connectivity index (χ2n) is 5.24. The lowest BCUT2D eigenvalue weighted by molar-refractivity contribution is -0.121. The first-order chi connectivity index (χ1) is 9.61. The highest BCUT2D eigenvalue weighted by molar-refractivity contribution is 5.94. The summed E-state index contributed by atoms with van der Waals surface area (Å²) < 4.78 is 0. The van der Waals surface area contributed by atoms with Gasteiger partial charge in [-0.3, -0.25) is 9.59 Å². The summed E-state index contributed by atoms with van der Waals surface area (Å²) in [5.74, 6) is 0.276. The number of para-hydroxylation sites is 1. The van der Waals surface area contributed by atoms with Gasteiger partial charge in [0.1, 0.15) is 0 Å². The van der Waals surface area contributed by atoms with E-state index in [1.807, 2.05) is 24.3 Å². The Bertz CT molecular complexity index is 502. The Morgan fingerprint density at radius 2 is 2.05 bits per heavy atom. The van der Waals surface area contributed by atoms with Crippen LogP contribution in [0.1, 0.15) is 12.5 Å². The maximum absolute atomic E-state index is 12.3. The van der Waals surface area contributed by atoms with Crippen molar-refractivity contribution in [2.24, 2.45) is 11.8 Å². The first-order valence-electron chi connectivity index (χ1n) is 6.92. The van der Waals surface area contributed by atoms with Crippen LogP contribution in [0.15, 0.2) is 24.3 Å². The fourth-order valence-electron chi connectivity index (χ4n) is 2.44. The zero-order valence-electron chi connectivity index (χ0n) is 11.9. The summed E-state index contributed by atoms with van der Waals surface area (Å²) in [4.78, 5) is 23.8. The molecule has 0 unspecified atom stereocenters. The van der Waals surface area contributed by atoms with Gasteiger partial charge in [0.05, 0.1) is 12.3 Å². The number of hydrogen-bond donors (Lipinski definition) is 3. The Balaban J connectivity index is 2.08. The van der Waals surface area contributed by atoms with Gasteiger partial charge in [0.25, 0.3) is 0 Å². The molecule has 0 aromatic heterocycles. The minimum atomic E-state index is -0.0670. The van der Waals surface area contributed by atoms with E-state index >= 15 is 0 Å². The van der Waals surface area contributed by atoms with Crippen molar-refractivity contribution < 1.29 is 9.59 Å². The van der Waals surface area contributed by atoms with Crippen LogP contribution >= 0.6 is 0 Å². The molecule has 1 aliphatic heterocycles. The van der Waals surface area contributed by atoms with Gasteiger partial charge in [-0.15, -0.1) is 0 Å². The molecule has 108 valence electrons. The van der Waals surface area contributed by atoms with Gasteiger partial charge in [-0.05, 0) is 24.1 Å². The number of nitrogens with one attached hydrogen (secondary N) is 3. The molecule has 0 saturated carbocycles. The minimum Gasteiger partial charge on any atom is -0.359 e. The van der Waals surface area contributed by atoms with Crippen molar-refractivity contribution in [2.75, 3.05) is 25.5 Å². The zero-order valence-corrected chi connectivity index (χ0v) is 11.9. The molecule has 3 N–H and O–H groups in total. The summed E-state index contributed by atoms with van der Waals surface area (Å²) in [6.45, 7) is 3.66. The lowest BCUT2D eigenvalue weighted by Crippen LogP contribution is -2.28. The second kappa shape index (κ2) is 6.52. The van der Waals surface area contributed by atoms with E-state index in [0.29, 0.717) is 12.5 Å². The van der Waals surface area contributed by atoms with E-state index < -0.39 is 0 Å². The van der Waals surface area contributed by atoms with Crippen molar-refractivity contribution in [2.45, 2.75) is 13.3 Å². The molecule has 0 radical (unpaired) electrons. The van der Waals surface area contributed by atoms with Crippen molar-refractivity contribution in [3.8, 4) is 0 Å². The number of amides is 2. The Hall–Kier alpha value is -1.88. The summed E-state index contributed by atoms with van der Waals surface area (Å²) in [6, 6.07) is 7.43. The number of rotatable bonds is 4. The molecule has 20 heavy (non-hydrogen) atoms. The van der Waals surface area contributed by atoms with Crippen LogP contribution in [0, 0.1) is 11.8 Å². The highest BCUT2D eigenvalue weighted by Crippen LogP contribution is 2.21. The molecule has 1 aliphatic rings. The summed E-state index contributed by atoms with van der Waals surface area (Å²) in [5, 5.41) is 8.77. The molecule has 1 aromatic rings. The molecule has 2 amide bonds. The Morgan fingerprint density at radius 3 is 2.70 bits per heavy atom. The number of carbonyl (C=O) groups is 2. The maximum Gasteiger partial charge on any atom is 0.229 e. The molecule has 0 spiro atoms. The number of hydrogen-bond acceptors (Lipinski definition) is 3. The minimum absolute atomic E-state index is 0.0111. The van der Waals surface area contributed by atoms with E-state index in [2.05, 4.69) is 22.9 Å². The number of anilines is 1. The predicted molar refractivity (Wildman–Crippen MR) is 78.4 cm³/mol. The van der Waals surface area contributed by atoms with Crippen LogP contribution in [0.2, 0.25) is 0 Å². The van der Waals surface area contributed by atoms with Gasteiger partial charge in [0.15, 0.2) is 0 Å². The van der Waals surface area contributed by atoms with Crippen LogP contribution < -0.4 is 16.0 Å². The molecule has 1 fully saturated rings. The van der Waals surface area contributed by atoms with Crippen LogP contribution in [0.4, 0.5) is 5.69 Å². The standard InChI is InChI=1S/C15H21N3O2/c1-10-8-17-9-12(10)15(20)18-13-6-4-3-5-11(13)7-14(19)16-2/h3-6,10,12,17H,7-9H2,1-2H3,(H,16,19)(H,18,20)/t10-,12-/m1/s1. The van der Waals surface area contributed by atoms with E-state index in [4.69, 9.17) is 0 Å². The normalized spacial score (nSPS) is 21.5. The number of likely N-dealkylation sites (N-methyl/N-ethyl adjacent to an activating group) is 1. The number of benzene rings is 1. The lowest BCUT2D eigenvalue weighted by atomic mass is 9.97. The third-order valence-electron chi connectivity index (χ3n) is 3.76. The monoisotopic (exact) mass is 275 g/mol. The van der Waals surface area contributed by atoms with Crippen molar-refractivity contribution in [3.63, 3.8) is 0 Å². The highest BCUT2D eigenvalue weighted by Gasteiger charge is 2.29. The fourth-order valence-corrected chi connectivity index (χ4v) is 2.44. The summed E-state index contributed by atoms with van der Waals surface area (Å²) >= 11 is 0. The van der Waals surface area contributed by atoms with Gasteiger partial charge in [-0.1, -0.05) is 25.1 Å². The van der Waals surface area contributed by atoms with Crippen molar-refractivity contribution >= 4 is 17.5 Å². The molecular weight excluding hydrogens is 254 g/mol. The topological polar surface area (TPSA) is 70.2 Å². The van der Waals surface area contributed by atoms with Crippen LogP contribution in [0.25, 0.3) is 0 Å². The van der Waals surface area contributed by atoms with Crippen LogP contribution in [-0.2, 0) is 16.0 Å². The van der Waals surface area contributed by atoms with Crippen LogP contribution in [0.5, 0.6) is 0 Å². The quantitative estimate of drug-likeness (QED) is 0.760. The molecule has 1 aromatic carbocycles. The van der Waals surface area contributed by atoms with Gasteiger partial charge in [-0.25, -0.2) is 0 Å². The highest BCUT2D eigenvalue weighted by atomic mass is 16.2. The van der Waals surface area contributed by atoms with E-state index in [1.165, 1.54) is 0 Å². The smallest absolute Gasteiger partial charge is 0.229 e. The Kier molecular flexibility index (Phi) is 4.74. The predicted octanol–water partition coefficient (Wildman–Crippen LogP) is 0.769. The third kappa shape index (κ3) is 3.36. The summed E-state index contributed by atoms with van der Waals surface area (Å²) in [5.41, 5.74) is 1.55. The third-order valence-corrected chi connectivity index (χ3v) is 3.76. The van der Waals surface area contributed by atoms with E-state index in [9.17, 15) is 9.59 Å². The molecule has 0 bridgehead atoms. The lowest BCUT2D eigenvalue weighted by Gasteiger charge is -2.16. The van der Waals surface area contributed by atoms with Crippen LogP contribution in [-0.4, -0.2) is 32.0 Å². The summed E-state index contributed by atoms with van der Waals surface area (Å²) in [7, 11) is 1.61. The van der Waals surface area contributed by atoms with Gasteiger partial charge in [-0.2, -0.15) is 0 Å². The molecule has 2 rings (SSSR count). The van der Waals surface area contributed by atoms with Gasteiger partial charge >= 0.3 is 0 Å². The molecule has 2 atom stereocenters. The molecule has 5 nitrogen and oxygen atoms in total. The zero-order chi connectivity index (χ0) is 14.5. The fraction of sp³-hybridized carbons (Fsp3) is 0.467. The van der Waals surface area contributed by atoms with E-state index in [0.717, 1.165) is 17.8 Å². The Labute approximate surface area is 119 Å². The van der Waals surface area contributed by atoms with E-state index in [1.54, 1.807) is 7.05 Å². The second-order valence-corrected chi connectivity index (χ2v) is 5.24. The van der Waals surface area contributed by atoms with Gasteiger partial charge in [0, 0.05) is 19.3 Å². The van der Waals surface area contributed by atoms with Crippen molar-refractivity contribution in [1.82, 2.24) is 10.6 Å². The first kappa shape index (κ1) is 14.5. The van der Waals surface area contributed by atoms with Crippen molar-refractivity contribution in [1.29, 1.82) is 0 Å². The average molecular weight is 275 g/mol. The van der Waals surface area contributed by atoms with Crippen molar-refractivity contribution in [3.05, 3.63) is 29.8 Å². The summed E-state index contributed by atoms with van der Waals surface area (Å²) in [6.07, 6.45) is 0.269. The van der Waals surface area contributed by atoms with Crippen LogP contribution in [0.3, 0.4) is 0 Å². The molecule has 1 heterocycles. The van der Waals surface area contributed by atoms with Gasteiger partial charge in [0.2, 0.25) is 11.8 Å². The average Bonchev–Trinajstić information content (AvgIpc) is 2.87. The molecule has 1 saturated heterocycles. The largest absolute Gasteiger partial charge is 0.359 e. The maximum atomic E-state index is 12.3. The Morgan fingerprint density at radius 1 is 1.30 bits per heavy atom. The van der Waals surface area contributed by atoms with E-state index in [-0.39, 0.29) is 24.2 Å². The SMILES string of the molecule is CNC(=O)Cc1ccccc1NC(=O)[C@@H]1CNC[C@H]1C. The molecular formula is C15H21N3O2. The molecule has 5 heteroatoms. The first-order valence-corrected chi connectivity index (χ1v) is 6.92. The molecule has 0 aliphatic carbocycles.